The van der Waals surface area contributed by atoms with Crippen molar-refractivity contribution in [2.24, 2.45) is 17.8 Å². The second-order valence-electron chi connectivity index (χ2n) is 22.4. The highest BCUT2D eigenvalue weighted by Crippen LogP contribution is 2.40. The number of rotatable bonds is 19. The van der Waals surface area contributed by atoms with Crippen molar-refractivity contribution in [3.8, 4) is 5.75 Å². The summed E-state index contributed by atoms with van der Waals surface area (Å²) in [6.07, 6.45) is -6.40. The monoisotopic (exact) mass is 1090 g/mol. The van der Waals surface area contributed by atoms with Crippen molar-refractivity contribution in [1.82, 2.24) is 24.8 Å². The van der Waals surface area contributed by atoms with E-state index in [-0.39, 0.29) is 48.4 Å². The van der Waals surface area contributed by atoms with Crippen LogP contribution in [0, 0.1) is 17.8 Å². The van der Waals surface area contributed by atoms with E-state index >= 15 is 0 Å². The van der Waals surface area contributed by atoms with Crippen LogP contribution in [0.4, 0.5) is 4.39 Å². The van der Waals surface area contributed by atoms with E-state index in [9.17, 15) is 43.1 Å². The fourth-order valence-corrected chi connectivity index (χ4v) is 12.5. The highest BCUT2D eigenvalue weighted by molar-refractivity contribution is 7.91. The van der Waals surface area contributed by atoms with E-state index < -0.39 is 119 Å². The quantitative estimate of drug-likeness (QED) is 0.0993. The number of carbonyl (C=O) groups excluding carboxylic acids is 1. The summed E-state index contributed by atoms with van der Waals surface area (Å²) in [7, 11) is 1.67. The van der Waals surface area contributed by atoms with Gasteiger partial charge in [-0.15, -0.1) is 5.10 Å². The van der Waals surface area contributed by atoms with Gasteiger partial charge in [-0.1, -0.05) is 26.0 Å². The Morgan fingerprint density at radius 2 is 1.64 bits per heavy atom. The number of sulfone groups is 1. The molecule has 0 saturated carbocycles. The van der Waals surface area contributed by atoms with E-state index in [0.29, 0.717) is 51.3 Å². The normalized spacial score (nSPS) is 38.2. The summed E-state index contributed by atoms with van der Waals surface area (Å²) in [5.74, 6) is -2.59. The summed E-state index contributed by atoms with van der Waals surface area (Å²) in [5.41, 5.74) is -3.84. The summed E-state index contributed by atoms with van der Waals surface area (Å²) in [4.78, 5) is 18.5. The minimum atomic E-state index is -3.55. The Bertz CT molecular complexity index is 2190. The molecule has 0 unspecified atom stereocenters. The first kappa shape index (κ1) is 62.9. The van der Waals surface area contributed by atoms with Crippen LogP contribution >= 0.6 is 0 Å². The van der Waals surface area contributed by atoms with Gasteiger partial charge in [-0.25, -0.2) is 8.42 Å². The summed E-state index contributed by atoms with van der Waals surface area (Å²) >= 11 is 0. The molecule has 0 aliphatic carbocycles. The van der Waals surface area contributed by atoms with Gasteiger partial charge in [-0.05, 0) is 118 Å². The second kappa shape index (κ2) is 26.8. The summed E-state index contributed by atoms with van der Waals surface area (Å²) in [5, 5.41) is 68.3. The van der Waals surface area contributed by atoms with Gasteiger partial charge in [0.05, 0.1) is 71.2 Å². The van der Waals surface area contributed by atoms with Gasteiger partial charge in [0, 0.05) is 70.2 Å². The second-order valence-corrected chi connectivity index (χ2v) is 24.5. The lowest BCUT2D eigenvalue weighted by Gasteiger charge is -2.49. The first-order valence-electron chi connectivity index (χ1n) is 26.8. The number of nitrogens with zero attached hydrogens (tertiary/aromatic N) is 5. The van der Waals surface area contributed by atoms with Crippen LogP contribution in [0.15, 0.2) is 35.4 Å². The number of aryl methyl sites for hydroxylation is 1. The topological polar surface area (TPSA) is 254 Å². The number of aromatic nitrogens is 3. The lowest BCUT2D eigenvalue weighted by molar-refractivity contribution is -0.318. The van der Waals surface area contributed by atoms with Gasteiger partial charge in [0.15, 0.2) is 22.4 Å². The molecule has 3 aliphatic rings. The number of aliphatic hydroxyl groups is 5. The molecule has 5 N–H and O–H groups in total. The third-order valence-corrected chi connectivity index (χ3v) is 17.8. The number of carbonyl (C=O) groups is 1. The highest BCUT2D eigenvalue weighted by Gasteiger charge is 2.53. The maximum absolute atomic E-state index is 14.5. The first-order chi connectivity index (χ1) is 35.1. The molecule has 20 nitrogen and oxygen atoms in total. The van der Waals surface area contributed by atoms with Crippen LogP contribution in [0.25, 0.3) is 0 Å². The molecule has 5 rings (SSSR count). The van der Waals surface area contributed by atoms with E-state index in [1.165, 1.54) is 26.2 Å². The van der Waals surface area contributed by atoms with Crippen LogP contribution in [0.1, 0.15) is 113 Å². The van der Waals surface area contributed by atoms with Gasteiger partial charge in [-0.2, -0.15) is 0 Å². The number of ether oxygens (including phenoxy) is 7. The molecule has 4 heterocycles. The number of alkyl halides is 1. The van der Waals surface area contributed by atoms with E-state index in [2.05, 4.69) is 10.3 Å². The van der Waals surface area contributed by atoms with Gasteiger partial charge in [0.1, 0.15) is 35.8 Å². The van der Waals surface area contributed by atoms with Crippen LogP contribution in [0.2, 0.25) is 0 Å². The van der Waals surface area contributed by atoms with Gasteiger partial charge >= 0.3 is 5.97 Å². The predicted octanol–water partition coefficient (Wildman–Crippen LogP) is 3.71. The molecule has 22 heteroatoms. The van der Waals surface area contributed by atoms with Crippen LogP contribution in [0.3, 0.4) is 0 Å². The molecule has 1 aromatic heterocycles. The summed E-state index contributed by atoms with van der Waals surface area (Å²) in [6, 6.07) is 5.05. The van der Waals surface area contributed by atoms with Crippen LogP contribution < -0.4 is 4.74 Å². The van der Waals surface area contributed by atoms with Crippen molar-refractivity contribution in [3.63, 3.8) is 0 Å². The van der Waals surface area contributed by atoms with Crippen molar-refractivity contribution in [2.45, 2.75) is 216 Å². The first-order valence-corrected chi connectivity index (χ1v) is 28.4. The Kier molecular flexibility index (Phi) is 22.5. The molecule has 75 heavy (non-hydrogen) atoms. The zero-order valence-corrected chi connectivity index (χ0v) is 47.4. The standard InChI is InChI=1S/C53H90FN5O15S/c1-14-42-53(10,65)46(61)36(6)58(12)30-32(2)28-51(8,64)48(34(4)45(35(5)49(63)72-42)73-43-29-52(9,68-13)47(62)37(7)71-43)74-50-44(60)41(27-33(3)70-50)57(11)24-21-38-31-59(56-55-38)23-16-25-69-39-17-19-40(20-18-39)75(66,67)26-15-22-54/h17-20,31-37,41-48,50,60-62,64-65H,14-16,21-30H2,1-13H3/t32-,33-,34+,35-,36-,37+,41+,42-,43+,44-,45+,46-,47+,48-,50+,51-,52-,53-/m1/s1. The number of hydrogen-bond donors (Lipinski definition) is 5. The summed E-state index contributed by atoms with van der Waals surface area (Å²) in [6.45, 7) is 18.5. The zero-order chi connectivity index (χ0) is 55.8. The van der Waals surface area contributed by atoms with Crippen molar-refractivity contribution < 1.29 is 76.3 Å². The minimum Gasteiger partial charge on any atom is -0.494 e. The average molecular weight is 1090 g/mol. The largest absolute Gasteiger partial charge is 0.494 e. The molecular formula is C53H90FN5O15S. The van der Waals surface area contributed by atoms with E-state index in [1.807, 2.05) is 43.9 Å². The molecular weight excluding hydrogens is 998 g/mol. The zero-order valence-electron chi connectivity index (χ0n) is 46.6. The van der Waals surface area contributed by atoms with Crippen LogP contribution in [-0.2, 0) is 56.0 Å². The van der Waals surface area contributed by atoms with Gasteiger partial charge < -0.3 is 68.5 Å². The third-order valence-electron chi connectivity index (χ3n) is 15.9. The number of benzene rings is 1. The van der Waals surface area contributed by atoms with Crippen molar-refractivity contribution >= 4 is 15.8 Å². The van der Waals surface area contributed by atoms with E-state index in [4.69, 9.17) is 33.2 Å². The molecule has 1 aromatic carbocycles. The van der Waals surface area contributed by atoms with Crippen LogP contribution in [0.5, 0.6) is 5.75 Å². The number of halogens is 1. The van der Waals surface area contributed by atoms with Crippen molar-refractivity contribution in [3.05, 3.63) is 36.2 Å². The predicted molar refractivity (Wildman–Crippen MR) is 276 cm³/mol. The smallest absolute Gasteiger partial charge is 0.311 e. The van der Waals surface area contributed by atoms with Gasteiger partial charge in [0.2, 0.25) is 0 Å². The molecule has 0 radical (unpaired) electrons. The fraction of sp³-hybridized carbons (Fsp3) is 0.830. The molecule has 0 spiro atoms. The molecule has 3 fully saturated rings. The number of aliphatic hydroxyl groups excluding tert-OH is 3. The van der Waals surface area contributed by atoms with Gasteiger partial charge in [0.25, 0.3) is 0 Å². The number of esters is 1. The Morgan fingerprint density at radius 1 is 0.960 bits per heavy atom. The maximum Gasteiger partial charge on any atom is 0.311 e. The Labute approximate surface area is 444 Å². The Balaban J connectivity index is 1.34. The highest BCUT2D eigenvalue weighted by atomic mass is 32.2. The van der Waals surface area contributed by atoms with Crippen molar-refractivity contribution in [1.29, 1.82) is 0 Å². The molecule has 3 aliphatic heterocycles. The number of likely N-dealkylation sites (N-methyl/N-ethyl adjacent to an activating group) is 2. The lowest BCUT2D eigenvalue weighted by atomic mass is 9.77. The van der Waals surface area contributed by atoms with Crippen molar-refractivity contribution in [2.75, 3.05) is 53.3 Å². The maximum atomic E-state index is 14.5. The molecule has 0 amide bonds. The van der Waals surface area contributed by atoms with Crippen LogP contribution in [-0.4, -0.2) is 208 Å². The molecule has 0 bridgehead atoms. The molecule has 2 aromatic rings. The van der Waals surface area contributed by atoms with E-state index in [1.54, 1.807) is 65.3 Å². The minimum absolute atomic E-state index is 0.0503. The molecule has 430 valence electrons. The number of methoxy groups -OCH3 is 1. The number of hydrogen-bond acceptors (Lipinski definition) is 19. The fourth-order valence-electron chi connectivity index (χ4n) is 11.2. The van der Waals surface area contributed by atoms with E-state index in [0.717, 1.165) is 5.69 Å². The molecule has 18 atom stereocenters. The third kappa shape index (κ3) is 15.9. The van der Waals surface area contributed by atoms with Gasteiger partial charge in [-0.3, -0.25) is 13.9 Å². The molecule has 3 saturated heterocycles. The Hall–Kier alpha value is -2.97. The lowest BCUT2D eigenvalue weighted by Crippen LogP contribution is -2.61. The number of cyclic esters (lactones) is 1. The summed E-state index contributed by atoms with van der Waals surface area (Å²) < 4.78 is 83.1. The average Bonchev–Trinajstić information content (AvgIpc) is 3.82. The SMILES string of the molecule is CC[C@H]1OC(=O)[C@H](C)[C@@H](O[C@H]2C[C@@](C)(OC)[C@@H](O)[C@H](C)O2)[C@H](C)[C@@H](O[C@@H]2O[C@H](C)C[C@H](N(C)CCc3cn(CCCOc4ccc(S(=O)(=O)CCCF)cc4)nn3)[C@H]2O)[C@](C)(O)C[C@@H](C)CN(C)[C@H](C)[C@@H](O)[C@]1(C)O. The Morgan fingerprint density at radius 3 is 2.28 bits per heavy atom.